The first-order valence-electron chi connectivity index (χ1n) is 4.67. The number of carboxylic acid groups (broad SMARTS) is 1. The Kier molecular flexibility index (Phi) is 3.06. The zero-order chi connectivity index (χ0) is 12.4. The van der Waals surface area contributed by atoms with Crippen LogP contribution < -0.4 is 5.56 Å². The van der Waals surface area contributed by atoms with Crippen LogP contribution in [0.5, 0.6) is 0 Å². The maximum Gasteiger partial charge on any atom is 0.356 e. The monoisotopic (exact) mass is 294 g/mol. The number of hydrogen-bond acceptors (Lipinski definition) is 3. The predicted octanol–water partition coefficient (Wildman–Crippen LogP) is 1.69. The topological polar surface area (TPSA) is 72.2 Å². The van der Waals surface area contributed by atoms with Crippen LogP contribution in [0.25, 0.3) is 5.69 Å². The first-order chi connectivity index (χ1) is 8.08. The molecular formula is C11H7BrN2O3. The summed E-state index contributed by atoms with van der Waals surface area (Å²) in [6.45, 7) is 0. The molecule has 86 valence electrons. The third-order valence-electron chi connectivity index (χ3n) is 2.09. The zero-order valence-electron chi connectivity index (χ0n) is 8.50. The van der Waals surface area contributed by atoms with E-state index in [1.807, 2.05) is 0 Å². The summed E-state index contributed by atoms with van der Waals surface area (Å²) in [4.78, 5) is 22.3. The van der Waals surface area contributed by atoms with Crippen molar-refractivity contribution in [3.63, 3.8) is 0 Å². The van der Waals surface area contributed by atoms with Crippen LogP contribution in [0.4, 0.5) is 0 Å². The minimum atomic E-state index is -1.17. The molecule has 0 unspecified atom stereocenters. The summed E-state index contributed by atoms with van der Waals surface area (Å²) in [7, 11) is 0. The second-order valence-corrected chi connectivity index (χ2v) is 4.17. The van der Waals surface area contributed by atoms with Gasteiger partial charge in [0.2, 0.25) is 0 Å². The van der Waals surface area contributed by atoms with E-state index < -0.39 is 5.97 Å². The Balaban J connectivity index is 2.58. The molecule has 0 spiro atoms. The van der Waals surface area contributed by atoms with Gasteiger partial charge in [0.1, 0.15) is 0 Å². The second-order valence-electron chi connectivity index (χ2n) is 3.25. The zero-order valence-corrected chi connectivity index (χ0v) is 10.1. The Bertz CT molecular complexity index is 619. The van der Waals surface area contributed by atoms with Gasteiger partial charge < -0.3 is 5.11 Å². The Labute approximate surface area is 104 Å². The number of aromatic carboxylic acids is 1. The highest BCUT2D eigenvalue weighted by molar-refractivity contribution is 9.10. The van der Waals surface area contributed by atoms with Crippen molar-refractivity contribution in [2.75, 3.05) is 0 Å². The fraction of sp³-hybridized carbons (Fsp3) is 0. The molecule has 0 atom stereocenters. The average Bonchev–Trinajstić information content (AvgIpc) is 2.31. The summed E-state index contributed by atoms with van der Waals surface area (Å²) in [6.07, 6.45) is 0. The number of nitrogens with zero attached hydrogens (tertiary/aromatic N) is 2. The molecule has 0 aliphatic heterocycles. The maximum absolute atomic E-state index is 11.6. The Morgan fingerprint density at radius 2 is 1.82 bits per heavy atom. The highest BCUT2D eigenvalue weighted by Gasteiger charge is 2.08. The Morgan fingerprint density at radius 3 is 2.41 bits per heavy atom. The molecule has 1 aromatic heterocycles. The van der Waals surface area contributed by atoms with Gasteiger partial charge in [0, 0.05) is 10.5 Å². The summed E-state index contributed by atoms with van der Waals surface area (Å²) >= 11 is 3.27. The van der Waals surface area contributed by atoms with Gasteiger partial charge in [-0.05, 0) is 30.3 Å². The van der Waals surface area contributed by atoms with Crippen molar-refractivity contribution in [3.05, 3.63) is 56.9 Å². The minimum Gasteiger partial charge on any atom is -0.476 e. The smallest absolute Gasteiger partial charge is 0.356 e. The molecule has 17 heavy (non-hydrogen) atoms. The Hall–Kier alpha value is -1.95. The van der Waals surface area contributed by atoms with E-state index in [0.29, 0.717) is 5.69 Å². The van der Waals surface area contributed by atoms with Crippen molar-refractivity contribution in [2.45, 2.75) is 0 Å². The molecule has 0 amide bonds. The van der Waals surface area contributed by atoms with Crippen LogP contribution in [-0.2, 0) is 0 Å². The van der Waals surface area contributed by atoms with E-state index in [-0.39, 0.29) is 11.3 Å². The van der Waals surface area contributed by atoms with Gasteiger partial charge >= 0.3 is 5.97 Å². The van der Waals surface area contributed by atoms with Gasteiger partial charge in [-0.3, -0.25) is 4.79 Å². The molecule has 0 radical (unpaired) electrons. The van der Waals surface area contributed by atoms with E-state index >= 15 is 0 Å². The van der Waals surface area contributed by atoms with Gasteiger partial charge in [0.25, 0.3) is 5.56 Å². The van der Waals surface area contributed by atoms with Crippen LogP contribution in [-0.4, -0.2) is 20.9 Å². The van der Waals surface area contributed by atoms with Crippen molar-refractivity contribution in [2.24, 2.45) is 0 Å². The average molecular weight is 295 g/mol. The van der Waals surface area contributed by atoms with E-state index in [1.54, 1.807) is 24.3 Å². The van der Waals surface area contributed by atoms with E-state index in [0.717, 1.165) is 9.15 Å². The molecule has 2 aromatic rings. The summed E-state index contributed by atoms with van der Waals surface area (Å²) in [5.74, 6) is -1.17. The Morgan fingerprint density at radius 1 is 1.18 bits per heavy atom. The second kappa shape index (κ2) is 4.50. The molecule has 0 saturated carbocycles. The third kappa shape index (κ3) is 2.42. The molecule has 0 aliphatic carbocycles. The number of benzene rings is 1. The third-order valence-corrected chi connectivity index (χ3v) is 2.62. The molecule has 5 nitrogen and oxygen atoms in total. The number of rotatable bonds is 2. The van der Waals surface area contributed by atoms with Crippen LogP contribution >= 0.6 is 15.9 Å². The molecular weight excluding hydrogens is 288 g/mol. The van der Waals surface area contributed by atoms with Gasteiger partial charge in [0.15, 0.2) is 5.69 Å². The van der Waals surface area contributed by atoms with Gasteiger partial charge in [-0.1, -0.05) is 15.9 Å². The van der Waals surface area contributed by atoms with Crippen LogP contribution in [0.1, 0.15) is 10.5 Å². The van der Waals surface area contributed by atoms with Crippen molar-refractivity contribution >= 4 is 21.9 Å². The highest BCUT2D eigenvalue weighted by Crippen LogP contribution is 2.12. The maximum atomic E-state index is 11.6. The molecule has 0 aliphatic rings. The molecule has 6 heteroatoms. The van der Waals surface area contributed by atoms with Gasteiger partial charge in [-0.25, -0.2) is 4.79 Å². The van der Waals surface area contributed by atoms with Gasteiger partial charge in [0.05, 0.1) is 5.69 Å². The van der Waals surface area contributed by atoms with E-state index in [9.17, 15) is 9.59 Å². The van der Waals surface area contributed by atoms with Crippen LogP contribution in [0.3, 0.4) is 0 Å². The van der Waals surface area contributed by atoms with E-state index in [4.69, 9.17) is 5.11 Å². The SMILES string of the molecule is O=C(O)c1ccc(=O)n(-c2ccc(Br)cc2)n1. The van der Waals surface area contributed by atoms with Crippen LogP contribution in [0.2, 0.25) is 0 Å². The van der Waals surface area contributed by atoms with Gasteiger partial charge in [-0.2, -0.15) is 9.78 Å². The summed E-state index contributed by atoms with van der Waals surface area (Å²) < 4.78 is 1.92. The molecule has 2 rings (SSSR count). The van der Waals surface area contributed by atoms with Crippen molar-refractivity contribution in [3.8, 4) is 5.69 Å². The molecule has 1 N–H and O–H groups in total. The minimum absolute atomic E-state index is 0.174. The summed E-state index contributed by atoms with van der Waals surface area (Å²) in [6, 6.07) is 9.19. The summed E-state index contributed by atoms with van der Waals surface area (Å²) in [5, 5.41) is 12.6. The van der Waals surface area contributed by atoms with Crippen molar-refractivity contribution in [1.82, 2.24) is 9.78 Å². The fourth-order valence-electron chi connectivity index (χ4n) is 1.29. The molecule has 0 saturated heterocycles. The van der Waals surface area contributed by atoms with Crippen LogP contribution in [0, 0.1) is 0 Å². The lowest BCUT2D eigenvalue weighted by Gasteiger charge is -2.04. The van der Waals surface area contributed by atoms with Gasteiger partial charge in [-0.15, -0.1) is 0 Å². The number of carboxylic acids is 1. The quantitative estimate of drug-likeness (QED) is 0.915. The number of aromatic nitrogens is 2. The lowest BCUT2D eigenvalue weighted by molar-refractivity contribution is 0.0688. The number of carbonyl (C=O) groups is 1. The fourth-order valence-corrected chi connectivity index (χ4v) is 1.56. The lowest BCUT2D eigenvalue weighted by Crippen LogP contribution is -2.22. The summed E-state index contributed by atoms with van der Waals surface area (Å²) in [5.41, 5.74) is -0.0360. The van der Waals surface area contributed by atoms with Crippen LogP contribution in [0.15, 0.2) is 45.7 Å². The van der Waals surface area contributed by atoms with E-state index in [2.05, 4.69) is 21.0 Å². The first kappa shape index (κ1) is 11.5. The van der Waals surface area contributed by atoms with Crippen molar-refractivity contribution in [1.29, 1.82) is 0 Å². The van der Waals surface area contributed by atoms with E-state index in [1.165, 1.54) is 12.1 Å². The standard InChI is InChI=1S/C11H7BrN2O3/c12-7-1-3-8(4-2-7)14-10(15)6-5-9(13-14)11(16)17/h1-6H,(H,16,17). The molecule has 1 heterocycles. The normalized spacial score (nSPS) is 10.2. The lowest BCUT2D eigenvalue weighted by atomic mass is 10.3. The predicted molar refractivity (Wildman–Crippen MR) is 64.5 cm³/mol. The number of hydrogen-bond donors (Lipinski definition) is 1. The van der Waals surface area contributed by atoms with Crippen molar-refractivity contribution < 1.29 is 9.90 Å². The molecule has 0 bridgehead atoms. The molecule has 0 fully saturated rings. The highest BCUT2D eigenvalue weighted by atomic mass is 79.9. The molecule has 1 aromatic carbocycles. The first-order valence-corrected chi connectivity index (χ1v) is 5.47. The number of halogens is 1. The largest absolute Gasteiger partial charge is 0.476 e.